The molecule has 0 spiro atoms. The summed E-state index contributed by atoms with van der Waals surface area (Å²) in [5.74, 6) is 0. The average Bonchev–Trinajstić information content (AvgIpc) is 2.28. The Morgan fingerprint density at radius 2 is 2.45 bits per heavy atom. The molecule has 11 heavy (non-hydrogen) atoms. The zero-order chi connectivity index (χ0) is 8.43. The van der Waals surface area contributed by atoms with Crippen molar-refractivity contribution in [1.82, 2.24) is 9.91 Å². The maximum atomic E-state index is 9.43. The van der Waals surface area contributed by atoms with Crippen molar-refractivity contribution in [2.75, 3.05) is 13.7 Å². The van der Waals surface area contributed by atoms with Gasteiger partial charge in [0.25, 0.3) is 0 Å². The van der Waals surface area contributed by atoms with Gasteiger partial charge in [0, 0.05) is 7.05 Å². The fraction of sp³-hybridized carbons (Fsp3) is 0.833. The molecule has 1 N–H and O–H groups in total. The van der Waals surface area contributed by atoms with Crippen molar-refractivity contribution < 1.29 is 5.11 Å². The molecular weight excluding hydrogens is 210 g/mol. The third-order valence-corrected chi connectivity index (χ3v) is 2.19. The van der Waals surface area contributed by atoms with Gasteiger partial charge in [-0.3, -0.25) is 5.01 Å². The van der Waals surface area contributed by atoms with Crippen molar-refractivity contribution >= 4 is 20.7 Å². The zero-order valence-corrected chi connectivity index (χ0v) is 8.24. The van der Waals surface area contributed by atoms with Gasteiger partial charge in [-0.05, 0) is 22.4 Å². The van der Waals surface area contributed by atoms with Crippen LogP contribution in [0.1, 0.15) is 13.3 Å². The molecule has 0 fully saturated rings. The van der Waals surface area contributed by atoms with Crippen LogP contribution in [0.4, 0.5) is 0 Å². The predicted octanol–water partition coefficient (Wildman–Crippen LogP) is 0.586. The molecule has 0 aromatic carbocycles. The summed E-state index contributed by atoms with van der Waals surface area (Å²) in [7, 11) is 1.86. The van der Waals surface area contributed by atoms with Crippen molar-refractivity contribution in [3.05, 3.63) is 0 Å². The van der Waals surface area contributed by atoms with Crippen LogP contribution in [0.3, 0.4) is 0 Å². The van der Waals surface area contributed by atoms with Crippen molar-refractivity contribution in [1.29, 1.82) is 0 Å². The van der Waals surface area contributed by atoms with E-state index in [0.717, 1.165) is 0 Å². The van der Waals surface area contributed by atoms with E-state index in [1.54, 1.807) is 9.91 Å². The van der Waals surface area contributed by atoms with E-state index in [2.05, 4.69) is 21.0 Å². The number of amidine groups is 1. The molecule has 4 nitrogen and oxygen atoms in total. The van der Waals surface area contributed by atoms with Crippen LogP contribution in [-0.2, 0) is 0 Å². The summed E-state index contributed by atoms with van der Waals surface area (Å²) in [5, 5.41) is 15.3. The molecule has 0 saturated heterocycles. The molecule has 1 unspecified atom stereocenters. The number of aliphatic hydroxyl groups excluding tert-OH is 1. The van der Waals surface area contributed by atoms with E-state index >= 15 is 0 Å². The largest absolute Gasteiger partial charge is 0.374 e. The lowest BCUT2D eigenvalue weighted by molar-refractivity contribution is 0.0389. The van der Waals surface area contributed by atoms with Gasteiger partial charge in [0.15, 0.2) is 4.74 Å². The average molecular weight is 222 g/mol. The van der Waals surface area contributed by atoms with Crippen molar-refractivity contribution in [2.24, 2.45) is 5.10 Å². The van der Waals surface area contributed by atoms with E-state index in [9.17, 15) is 5.11 Å². The van der Waals surface area contributed by atoms with E-state index < -0.39 is 6.23 Å². The number of hydrogen-bond donors (Lipinski definition) is 1. The van der Waals surface area contributed by atoms with Crippen molar-refractivity contribution in [2.45, 2.75) is 19.6 Å². The predicted molar refractivity (Wildman–Crippen MR) is 47.1 cm³/mol. The summed E-state index contributed by atoms with van der Waals surface area (Å²) in [6, 6.07) is 0. The molecule has 0 amide bonds. The zero-order valence-electron chi connectivity index (χ0n) is 6.66. The van der Waals surface area contributed by atoms with Crippen molar-refractivity contribution in [3.63, 3.8) is 0 Å². The first-order valence-corrected chi connectivity index (χ1v) is 4.34. The molecule has 1 aliphatic rings. The Hall–Kier alpha value is -0.290. The molecular formula is C6H12BrN3O. The van der Waals surface area contributed by atoms with E-state index in [4.69, 9.17) is 0 Å². The van der Waals surface area contributed by atoms with Gasteiger partial charge in [0.05, 0.1) is 0 Å². The lowest BCUT2D eigenvalue weighted by Gasteiger charge is -2.22. The SMILES string of the molecule is CCC(O)N1CN(C)N=C1Br. The van der Waals surface area contributed by atoms with Crippen LogP contribution in [0.25, 0.3) is 0 Å². The first kappa shape index (κ1) is 8.80. The minimum Gasteiger partial charge on any atom is -0.374 e. The summed E-state index contributed by atoms with van der Waals surface area (Å²) < 4.78 is 0.703. The first-order valence-electron chi connectivity index (χ1n) is 3.55. The highest BCUT2D eigenvalue weighted by Crippen LogP contribution is 2.14. The van der Waals surface area contributed by atoms with Gasteiger partial charge in [0.1, 0.15) is 12.9 Å². The summed E-state index contributed by atoms with van der Waals surface area (Å²) in [5.41, 5.74) is 0. The Morgan fingerprint density at radius 3 is 2.82 bits per heavy atom. The summed E-state index contributed by atoms with van der Waals surface area (Å²) in [6.45, 7) is 2.58. The molecule has 0 aliphatic carbocycles. The fourth-order valence-electron chi connectivity index (χ4n) is 0.946. The smallest absolute Gasteiger partial charge is 0.195 e. The van der Waals surface area contributed by atoms with Crippen LogP contribution in [0.15, 0.2) is 5.10 Å². The molecule has 5 heteroatoms. The Labute approximate surface area is 74.6 Å². The second-order valence-electron chi connectivity index (χ2n) is 2.53. The minimum atomic E-state index is -0.432. The highest BCUT2D eigenvalue weighted by Gasteiger charge is 2.23. The number of rotatable bonds is 2. The van der Waals surface area contributed by atoms with Crippen LogP contribution in [0.5, 0.6) is 0 Å². The van der Waals surface area contributed by atoms with E-state index in [0.29, 0.717) is 17.8 Å². The van der Waals surface area contributed by atoms with Gasteiger partial charge in [0.2, 0.25) is 0 Å². The van der Waals surface area contributed by atoms with Crippen LogP contribution in [-0.4, -0.2) is 39.7 Å². The Kier molecular flexibility index (Phi) is 2.72. The quantitative estimate of drug-likeness (QED) is 0.695. The van der Waals surface area contributed by atoms with Crippen LogP contribution in [0.2, 0.25) is 0 Å². The molecule has 0 radical (unpaired) electrons. The number of aliphatic hydroxyl groups is 1. The molecule has 1 atom stereocenters. The summed E-state index contributed by atoms with van der Waals surface area (Å²) in [6.07, 6.45) is 0.274. The van der Waals surface area contributed by atoms with E-state index in [1.807, 2.05) is 14.0 Å². The first-order chi connectivity index (χ1) is 5.15. The second-order valence-corrected chi connectivity index (χ2v) is 3.24. The topological polar surface area (TPSA) is 39.1 Å². The van der Waals surface area contributed by atoms with Gasteiger partial charge >= 0.3 is 0 Å². The molecule has 0 aromatic rings. The maximum absolute atomic E-state index is 9.43. The number of nitrogens with zero attached hydrogens (tertiary/aromatic N) is 3. The molecule has 1 aliphatic heterocycles. The lowest BCUT2D eigenvalue weighted by Crippen LogP contribution is -2.36. The number of hydrogen-bond acceptors (Lipinski definition) is 4. The maximum Gasteiger partial charge on any atom is 0.195 e. The van der Waals surface area contributed by atoms with Crippen LogP contribution >= 0.6 is 15.9 Å². The van der Waals surface area contributed by atoms with E-state index in [-0.39, 0.29) is 0 Å². The third kappa shape index (κ3) is 1.84. The Balaban J connectivity index is 2.56. The highest BCUT2D eigenvalue weighted by molar-refractivity contribution is 9.18. The number of hydrazone groups is 1. The van der Waals surface area contributed by atoms with Gasteiger partial charge in [-0.15, -0.1) is 0 Å². The van der Waals surface area contributed by atoms with Gasteiger partial charge in [-0.1, -0.05) is 6.92 Å². The normalized spacial score (nSPS) is 20.5. The molecule has 64 valence electrons. The van der Waals surface area contributed by atoms with Crippen LogP contribution in [0, 0.1) is 0 Å². The van der Waals surface area contributed by atoms with E-state index in [1.165, 1.54) is 0 Å². The van der Waals surface area contributed by atoms with Crippen LogP contribution < -0.4 is 0 Å². The van der Waals surface area contributed by atoms with Gasteiger partial charge < -0.3 is 10.0 Å². The highest BCUT2D eigenvalue weighted by atomic mass is 79.9. The second kappa shape index (κ2) is 3.40. The number of halogens is 1. The van der Waals surface area contributed by atoms with Crippen molar-refractivity contribution in [3.8, 4) is 0 Å². The molecule has 0 bridgehead atoms. The summed E-state index contributed by atoms with van der Waals surface area (Å²) in [4.78, 5) is 1.79. The molecule has 1 heterocycles. The minimum absolute atomic E-state index is 0.432. The Morgan fingerprint density at radius 1 is 1.82 bits per heavy atom. The molecule has 0 aromatic heterocycles. The van der Waals surface area contributed by atoms with Gasteiger partial charge in [-0.25, -0.2) is 0 Å². The molecule has 1 rings (SSSR count). The van der Waals surface area contributed by atoms with Gasteiger partial charge in [-0.2, -0.15) is 5.10 Å². The third-order valence-electron chi connectivity index (χ3n) is 1.57. The molecule has 0 saturated carbocycles. The summed E-state index contributed by atoms with van der Waals surface area (Å²) >= 11 is 3.26. The lowest BCUT2D eigenvalue weighted by atomic mass is 10.4. The standard InChI is InChI=1S/C6H12BrN3O/c1-3-5(11)10-4-9(2)8-6(10)7/h5,11H,3-4H2,1-2H3. The Bertz CT molecular complexity index is 173. The fourth-order valence-corrected chi connectivity index (χ4v) is 1.57. The monoisotopic (exact) mass is 221 g/mol.